The largest absolute Gasteiger partial charge is 0.292 e. The third-order valence-electron chi connectivity index (χ3n) is 6.37. The van der Waals surface area contributed by atoms with Crippen molar-refractivity contribution < 1.29 is 0 Å². The van der Waals surface area contributed by atoms with E-state index in [2.05, 4.69) is 37.3 Å². The van der Waals surface area contributed by atoms with Crippen molar-refractivity contribution >= 4 is 21.7 Å². The molecule has 4 aromatic carbocycles. The Morgan fingerprint density at radius 1 is 0.824 bits per heavy atom. The first-order valence-electron chi connectivity index (χ1n) is 11.7. The van der Waals surface area contributed by atoms with Crippen molar-refractivity contribution in [3.8, 4) is 17.2 Å². The van der Waals surface area contributed by atoms with Gasteiger partial charge in [-0.2, -0.15) is 5.26 Å². The van der Waals surface area contributed by atoms with Gasteiger partial charge in [-0.3, -0.25) is 9.36 Å². The van der Waals surface area contributed by atoms with E-state index >= 15 is 0 Å². The zero-order chi connectivity index (χ0) is 23.5. The molecule has 0 spiro atoms. The van der Waals surface area contributed by atoms with Gasteiger partial charge in [-0.15, -0.1) is 0 Å². The molecule has 166 valence electrons. The second-order valence-electron chi connectivity index (χ2n) is 8.52. The second-order valence-corrected chi connectivity index (χ2v) is 8.52. The van der Waals surface area contributed by atoms with E-state index in [1.165, 1.54) is 0 Å². The van der Waals surface area contributed by atoms with Gasteiger partial charge in [0.15, 0.2) is 0 Å². The average Bonchev–Trinajstić information content (AvgIpc) is 2.89. The van der Waals surface area contributed by atoms with Gasteiger partial charge in [0.25, 0.3) is 5.56 Å². The summed E-state index contributed by atoms with van der Waals surface area (Å²) < 4.78 is 1.84. The SMILES string of the molecule is CCCCc1nc2ccccc2c(=O)n1Cc1cccc2c(-c3ccccc3C#N)cccc12. The number of rotatable bonds is 6. The molecule has 0 bridgehead atoms. The molecule has 0 fully saturated rings. The van der Waals surface area contributed by atoms with E-state index in [4.69, 9.17) is 4.98 Å². The molecule has 1 aromatic heterocycles. The highest BCUT2D eigenvalue weighted by Gasteiger charge is 2.14. The number of nitrogens with zero attached hydrogens (tertiary/aromatic N) is 3. The van der Waals surface area contributed by atoms with E-state index in [-0.39, 0.29) is 5.56 Å². The van der Waals surface area contributed by atoms with Crippen LogP contribution in [0, 0.1) is 11.3 Å². The normalized spacial score (nSPS) is 11.1. The maximum atomic E-state index is 13.5. The summed E-state index contributed by atoms with van der Waals surface area (Å²) in [5.41, 5.74) is 4.40. The molecule has 5 rings (SSSR count). The molecule has 0 aliphatic rings. The Kier molecular flexibility index (Phi) is 5.93. The lowest BCUT2D eigenvalue weighted by Crippen LogP contribution is -2.26. The molecule has 0 saturated heterocycles. The van der Waals surface area contributed by atoms with E-state index in [0.717, 1.165) is 58.1 Å². The highest BCUT2D eigenvalue weighted by Crippen LogP contribution is 2.32. The van der Waals surface area contributed by atoms with Gasteiger partial charge < -0.3 is 0 Å². The molecular formula is C30H25N3O. The Morgan fingerprint density at radius 3 is 2.38 bits per heavy atom. The quantitative estimate of drug-likeness (QED) is 0.302. The van der Waals surface area contributed by atoms with Crippen molar-refractivity contribution in [3.63, 3.8) is 0 Å². The molecule has 0 radical (unpaired) electrons. The summed E-state index contributed by atoms with van der Waals surface area (Å²) in [5.74, 6) is 0.827. The predicted molar refractivity (Wildman–Crippen MR) is 138 cm³/mol. The lowest BCUT2D eigenvalue weighted by molar-refractivity contribution is 0.648. The first-order chi connectivity index (χ1) is 16.7. The van der Waals surface area contributed by atoms with Gasteiger partial charge in [0.2, 0.25) is 0 Å². The predicted octanol–water partition coefficient (Wildman–Crippen LogP) is 6.48. The lowest BCUT2D eigenvalue weighted by Gasteiger charge is -2.16. The summed E-state index contributed by atoms with van der Waals surface area (Å²) in [7, 11) is 0. The van der Waals surface area contributed by atoms with Crippen LogP contribution in [0.4, 0.5) is 0 Å². The van der Waals surface area contributed by atoms with E-state index in [1.807, 2.05) is 65.2 Å². The van der Waals surface area contributed by atoms with Crippen LogP contribution in [0.25, 0.3) is 32.8 Å². The highest BCUT2D eigenvalue weighted by atomic mass is 16.1. The van der Waals surface area contributed by atoms with Crippen molar-refractivity contribution in [2.24, 2.45) is 0 Å². The Labute approximate surface area is 198 Å². The van der Waals surface area contributed by atoms with E-state index in [1.54, 1.807) is 0 Å². The van der Waals surface area contributed by atoms with Gasteiger partial charge in [0, 0.05) is 12.0 Å². The minimum atomic E-state index is -0.000290. The van der Waals surface area contributed by atoms with Gasteiger partial charge in [-0.1, -0.05) is 80.1 Å². The standard InChI is InChI=1S/C30H25N3O/c1-2-3-18-29-32-28-17-7-6-13-27(28)30(34)33(29)20-22-11-8-15-26-24(22)14-9-16-25(26)23-12-5-4-10-21(23)19-31/h4-17H,2-3,18,20H2,1H3. The Hall–Kier alpha value is -4.23. The zero-order valence-corrected chi connectivity index (χ0v) is 19.2. The molecule has 4 heteroatoms. The fourth-order valence-electron chi connectivity index (χ4n) is 4.64. The summed E-state index contributed by atoms with van der Waals surface area (Å²) in [5, 5.41) is 12.4. The molecule has 0 aliphatic heterocycles. The molecule has 0 atom stereocenters. The molecule has 4 nitrogen and oxygen atoms in total. The Balaban J connectivity index is 1.68. The van der Waals surface area contributed by atoms with Crippen molar-refractivity contribution in [2.75, 3.05) is 0 Å². The monoisotopic (exact) mass is 443 g/mol. The number of hydrogen-bond donors (Lipinski definition) is 0. The van der Waals surface area contributed by atoms with Crippen LogP contribution in [0.5, 0.6) is 0 Å². The summed E-state index contributed by atoms with van der Waals surface area (Å²) in [4.78, 5) is 18.4. The Morgan fingerprint density at radius 2 is 1.53 bits per heavy atom. The fraction of sp³-hybridized carbons (Fsp3) is 0.167. The van der Waals surface area contributed by atoms with Crippen molar-refractivity contribution in [2.45, 2.75) is 32.7 Å². The summed E-state index contributed by atoms with van der Waals surface area (Å²) in [6.45, 7) is 2.60. The van der Waals surface area contributed by atoms with Crippen LogP contribution < -0.4 is 5.56 Å². The van der Waals surface area contributed by atoms with Gasteiger partial charge >= 0.3 is 0 Å². The third kappa shape index (κ3) is 3.86. The minimum Gasteiger partial charge on any atom is -0.292 e. The first-order valence-corrected chi connectivity index (χ1v) is 11.7. The fourth-order valence-corrected chi connectivity index (χ4v) is 4.64. The number of unbranched alkanes of at least 4 members (excludes halogenated alkanes) is 1. The topological polar surface area (TPSA) is 58.7 Å². The van der Waals surface area contributed by atoms with Crippen LogP contribution in [0.15, 0.2) is 89.7 Å². The summed E-state index contributed by atoms with van der Waals surface area (Å²) >= 11 is 0. The smallest absolute Gasteiger partial charge is 0.261 e. The molecule has 0 unspecified atom stereocenters. The maximum absolute atomic E-state index is 13.5. The van der Waals surface area contributed by atoms with E-state index < -0.39 is 0 Å². The average molecular weight is 444 g/mol. The summed E-state index contributed by atoms with van der Waals surface area (Å²) in [6.07, 6.45) is 2.79. The second kappa shape index (κ2) is 9.33. The number of fused-ring (bicyclic) bond motifs is 2. The van der Waals surface area contributed by atoms with Crippen LogP contribution in [0.1, 0.15) is 36.7 Å². The van der Waals surface area contributed by atoms with Crippen molar-refractivity contribution in [1.29, 1.82) is 5.26 Å². The van der Waals surface area contributed by atoms with Gasteiger partial charge in [0.1, 0.15) is 5.82 Å². The van der Waals surface area contributed by atoms with Crippen LogP contribution in [0.2, 0.25) is 0 Å². The molecule has 34 heavy (non-hydrogen) atoms. The van der Waals surface area contributed by atoms with Crippen molar-refractivity contribution in [1.82, 2.24) is 9.55 Å². The highest BCUT2D eigenvalue weighted by molar-refractivity contribution is 5.99. The molecule has 5 aromatic rings. The van der Waals surface area contributed by atoms with Crippen LogP contribution in [-0.4, -0.2) is 9.55 Å². The molecule has 0 saturated carbocycles. The van der Waals surface area contributed by atoms with Crippen LogP contribution in [0.3, 0.4) is 0 Å². The van der Waals surface area contributed by atoms with Crippen LogP contribution >= 0.6 is 0 Å². The molecule has 0 amide bonds. The number of aryl methyl sites for hydroxylation is 1. The number of aromatic nitrogens is 2. The minimum absolute atomic E-state index is 0.000290. The Bertz CT molecular complexity index is 1610. The first kappa shape index (κ1) is 21.6. The molecule has 0 N–H and O–H groups in total. The van der Waals surface area contributed by atoms with Crippen LogP contribution in [-0.2, 0) is 13.0 Å². The number of hydrogen-bond acceptors (Lipinski definition) is 3. The zero-order valence-electron chi connectivity index (χ0n) is 19.2. The van der Waals surface area contributed by atoms with E-state index in [9.17, 15) is 10.1 Å². The molecule has 0 aliphatic carbocycles. The molecule has 1 heterocycles. The van der Waals surface area contributed by atoms with Gasteiger partial charge in [-0.05, 0) is 46.5 Å². The van der Waals surface area contributed by atoms with Crippen molar-refractivity contribution in [3.05, 3.63) is 112 Å². The number of para-hydroxylation sites is 1. The lowest BCUT2D eigenvalue weighted by atomic mass is 9.93. The van der Waals surface area contributed by atoms with Gasteiger partial charge in [0.05, 0.1) is 29.1 Å². The summed E-state index contributed by atoms with van der Waals surface area (Å²) in [6, 6.07) is 29.9. The number of nitriles is 1. The third-order valence-corrected chi connectivity index (χ3v) is 6.37. The number of benzene rings is 4. The molecular weight excluding hydrogens is 418 g/mol. The van der Waals surface area contributed by atoms with E-state index in [0.29, 0.717) is 17.5 Å². The van der Waals surface area contributed by atoms with Gasteiger partial charge in [-0.25, -0.2) is 4.98 Å². The maximum Gasteiger partial charge on any atom is 0.261 e.